The fraction of sp³-hybridized carbons (Fsp3) is 0.875. The zero-order valence-electron chi connectivity index (χ0n) is 14.3. The lowest BCUT2D eigenvalue weighted by atomic mass is 9.76. The molecule has 0 aromatic carbocycles. The molecule has 1 amide bonds. The first kappa shape index (κ1) is 16.9. The van der Waals surface area contributed by atoms with E-state index in [-0.39, 0.29) is 5.54 Å². The number of carbonyl (C=O) groups is 1. The summed E-state index contributed by atoms with van der Waals surface area (Å²) in [6.45, 7) is 19.0. The van der Waals surface area contributed by atoms with Gasteiger partial charge in [0.05, 0.1) is 13.5 Å². The van der Waals surface area contributed by atoms with Crippen LogP contribution >= 0.6 is 0 Å². The Morgan fingerprint density at radius 2 is 1.74 bits per heavy atom. The summed E-state index contributed by atoms with van der Waals surface area (Å²) in [4.78, 5) is 12.5. The van der Waals surface area contributed by atoms with Crippen LogP contribution in [-0.4, -0.2) is 30.5 Å². The molecule has 2 unspecified atom stereocenters. The Balaban J connectivity index is 3.18. The monoisotopic (exact) mass is 283 g/mol. The summed E-state index contributed by atoms with van der Waals surface area (Å²) in [5.74, 6) is 0.997. The first-order chi connectivity index (χ1) is 8.45. The first-order valence-corrected chi connectivity index (χ1v) is 11.4. The molecular formula is C16H33NOSi+. The number of amides is 1. The molecule has 0 bridgehead atoms. The average Bonchev–Trinajstić information content (AvgIpc) is 2.17. The molecule has 1 saturated heterocycles. The maximum Gasteiger partial charge on any atom is 0.311 e. The zero-order valence-corrected chi connectivity index (χ0v) is 15.3. The standard InChI is InChI=1S/C16H33NOSi/c1-13(2)17(14(3)18)11-9-10-15(16(17,4)5)12-19(6,7)8/h15H,9-12H2,1-8H3/q+1. The molecule has 111 valence electrons. The van der Waals surface area contributed by atoms with Gasteiger partial charge in [0, 0.05) is 14.0 Å². The summed E-state index contributed by atoms with van der Waals surface area (Å²) in [6, 6.07) is 2.60. The van der Waals surface area contributed by atoms with E-state index in [1.165, 1.54) is 24.9 Å². The van der Waals surface area contributed by atoms with E-state index in [2.05, 4.69) is 47.3 Å². The maximum atomic E-state index is 12.5. The Morgan fingerprint density at radius 3 is 2.11 bits per heavy atom. The number of nitrogens with zero attached hydrogens (tertiary/aromatic N) is 1. The van der Waals surface area contributed by atoms with E-state index in [4.69, 9.17) is 0 Å². The Morgan fingerprint density at radius 1 is 1.21 bits per heavy atom. The number of hydrogen-bond donors (Lipinski definition) is 0. The molecule has 1 fully saturated rings. The second kappa shape index (κ2) is 5.32. The minimum Gasteiger partial charge on any atom is -0.247 e. The van der Waals surface area contributed by atoms with Gasteiger partial charge in [0.1, 0.15) is 5.54 Å². The average molecular weight is 284 g/mol. The van der Waals surface area contributed by atoms with Crippen LogP contribution in [0.15, 0.2) is 0 Å². The van der Waals surface area contributed by atoms with Crippen molar-refractivity contribution in [2.45, 2.75) is 78.7 Å². The van der Waals surface area contributed by atoms with Gasteiger partial charge in [-0.05, 0) is 46.6 Å². The summed E-state index contributed by atoms with van der Waals surface area (Å²) in [7, 11) is -1.10. The summed E-state index contributed by atoms with van der Waals surface area (Å²) < 4.78 is 0.599. The van der Waals surface area contributed by atoms with Crippen molar-refractivity contribution >= 4 is 14.0 Å². The fourth-order valence-electron chi connectivity index (χ4n) is 4.30. The van der Waals surface area contributed by atoms with Gasteiger partial charge in [0.25, 0.3) is 0 Å². The number of hydrogen-bond acceptors (Lipinski definition) is 1. The molecule has 1 aliphatic heterocycles. The van der Waals surface area contributed by atoms with Crippen LogP contribution < -0.4 is 0 Å². The molecular weight excluding hydrogens is 250 g/mol. The van der Waals surface area contributed by atoms with Crippen molar-refractivity contribution in [3.05, 3.63) is 6.04 Å². The van der Waals surface area contributed by atoms with Crippen molar-refractivity contribution in [1.29, 1.82) is 0 Å². The van der Waals surface area contributed by atoms with Crippen molar-refractivity contribution < 1.29 is 9.28 Å². The van der Waals surface area contributed by atoms with Crippen molar-refractivity contribution in [1.82, 2.24) is 0 Å². The summed E-state index contributed by atoms with van der Waals surface area (Å²) in [5.41, 5.74) is 0.0448. The molecule has 0 aliphatic carbocycles. The van der Waals surface area contributed by atoms with Crippen molar-refractivity contribution in [3.8, 4) is 0 Å². The second-order valence-electron chi connectivity index (χ2n) is 8.26. The van der Waals surface area contributed by atoms with Gasteiger partial charge in [0.15, 0.2) is 6.04 Å². The van der Waals surface area contributed by atoms with Crippen molar-refractivity contribution in [2.24, 2.45) is 5.92 Å². The third-order valence-corrected chi connectivity index (χ3v) is 6.91. The number of quaternary nitrogens is 1. The van der Waals surface area contributed by atoms with Crippen LogP contribution in [0.1, 0.15) is 47.5 Å². The van der Waals surface area contributed by atoms with E-state index in [1.807, 2.05) is 0 Å². The minimum atomic E-state index is -1.10. The lowest BCUT2D eigenvalue weighted by Crippen LogP contribution is -2.70. The van der Waals surface area contributed by atoms with Crippen molar-refractivity contribution in [2.75, 3.05) is 6.54 Å². The molecule has 0 N–H and O–H groups in total. The quantitative estimate of drug-likeness (QED) is 0.552. The van der Waals surface area contributed by atoms with Crippen LogP contribution in [0, 0.1) is 12.0 Å². The molecule has 1 heterocycles. The first-order valence-electron chi connectivity index (χ1n) is 7.65. The zero-order chi connectivity index (χ0) is 15.1. The van der Waals surface area contributed by atoms with Gasteiger partial charge in [-0.25, -0.2) is 9.28 Å². The third kappa shape index (κ3) is 2.97. The fourth-order valence-corrected chi connectivity index (χ4v) is 6.48. The van der Waals surface area contributed by atoms with Crippen molar-refractivity contribution in [3.63, 3.8) is 0 Å². The third-order valence-electron chi connectivity index (χ3n) is 5.19. The van der Waals surface area contributed by atoms with Crippen LogP contribution in [0.4, 0.5) is 0 Å². The highest BCUT2D eigenvalue weighted by Gasteiger charge is 2.57. The van der Waals surface area contributed by atoms with Gasteiger partial charge < -0.3 is 0 Å². The van der Waals surface area contributed by atoms with Crippen LogP contribution in [0.3, 0.4) is 0 Å². The second-order valence-corrected chi connectivity index (χ2v) is 13.8. The summed E-state index contributed by atoms with van der Waals surface area (Å²) in [5, 5.41) is 0. The molecule has 0 saturated carbocycles. The van der Waals surface area contributed by atoms with E-state index in [1.54, 1.807) is 6.92 Å². The highest BCUT2D eigenvalue weighted by Crippen LogP contribution is 2.47. The van der Waals surface area contributed by atoms with E-state index in [0.717, 1.165) is 6.54 Å². The molecule has 2 nitrogen and oxygen atoms in total. The predicted octanol–water partition coefficient (Wildman–Crippen LogP) is 4.45. The van der Waals surface area contributed by atoms with Crippen LogP contribution in [0.5, 0.6) is 0 Å². The predicted molar refractivity (Wildman–Crippen MR) is 85.4 cm³/mol. The van der Waals surface area contributed by atoms with E-state index >= 15 is 0 Å². The highest BCUT2D eigenvalue weighted by atomic mass is 28.3. The molecule has 0 aromatic heterocycles. The lowest BCUT2D eigenvalue weighted by Gasteiger charge is -2.56. The molecule has 1 radical (unpaired) electrons. The highest BCUT2D eigenvalue weighted by molar-refractivity contribution is 6.76. The molecule has 1 rings (SSSR count). The van der Waals surface area contributed by atoms with Gasteiger partial charge >= 0.3 is 5.91 Å². The smallest absolute Gasteiger partial charge is 0.247 e. The molecule has 1 aliphatic rings. The molecule has 0 aromatic rings. The molecule has 2 atom stereocenters. The van der Waals surface area contributed by atoms with Gasteiger partial charge in [-0.15, -0.1) is 0 Å². The Kier molecular flexibility index (Phi) is 4.73. The number of rotatable bonds is 3. The van der Waals surface area contributed by atoms with Gasteiger partial charge in [-0.1, -0.05) is 19.6 Å². The van der Waals surface area contributed by atoms with Crippen LogP contribution in [-0.2, 0) is 4.79 Å². The SMILES string of the molecule is C[C](C)[N+]1(C(C)=O)CCCC(C[Si](C)(C)C)C1(C)C. The van der Waals surface area contributed by atoms with Gasteiger partial charge in [0.2, 0.25) is 0 Å². The summed E-state index contributed by atoms with van der Waals surface area (Å²) in [6.07, 6.45) is 2.47. The maximum absolute atomic E-state index is 12.5. The Hall–Kier alpha value is -0.153. The Bertz CT molecular complexity index is 343. The number of carbonyl (C=O) groups excluding carboxylic acids is 1. The minimum absolute atomic E-state index is 0.0448. The van der Waals surface area contributed by atoms with Crippen LogP contribution in [0.25, 0.3) is 0 Å². The molecule has 0 spiro atoms. The topological polar surface area (TPSA) is 17.1 Å². The molecule has 3 heteroatoms. The normalized spacial score (nSPS) is 31.5. The number of piperidine rings is 1. The molecule has 19 heavy (non-hydrogen) atoms. The summed E-state index contributed by atoms with van der Waals surface area (Å²) >= 11 is 0. The Labute approximate surface area is 121 Å². The number of likely N-dealkylation sites (tertiary alicyclic amines) is 1. The van der Waals surface area contributed by atoms with E-state index in [9.17, 15) is 4.79 Å². The lowest BCUT2D eigenvalue weighted by molar-refractivity contribution is -0.899. The van der Waals surface area contributed by atoms with Crippen LogP contribution in [0.2, 0.25) is 25.7 Å². The van der Waals surface area contributed by atoms with E-state index < -0.39 is 8.07 Å². The largest absolute Gasteiger partial charge is 0.311 e. The van der Waals surface area contributed by atoms with E-state index in [0.29, 0.717) is 16.3 Å². The van der Waals surface area contributed by atoms with Gasteiger partial charge in [-0.3, -0.25) is 0 Å². The van der Waals surface area contributed by atoms with Gasteiger partial charge in [-0.2, -0.15) is 0 Å².